The minimum atomic E-state index is -1.74. The summed E-state index contributed by atoms with van der Waals surface area (Å²) in [5, 5.41) is 19.0. The third kappa shape index (κ3) is 2.28. The van der Waals surface area contributed by atoms with Crippen LogP contribution in [0.25, 0.3) is 0 Å². The molecule has 0 saturated carbocycles. The smallest absolute Gasteiger partial charge is 0.335 e. The number of carboxylic acids is 1. The zero-order valence-corrected chi connectivity index (χ0v) is 13.3. The van der Waals surface area contributed by atoms with E-state index in [0.29, 0.717) is 12.2 Å². The van der Waals surface area contributed by atoms with Gasteiger partial charge in [-0.15, -0.1) is 11.8 Å². The average Bonchev–Trinajstić information content (AvgIpc) is 2.96. The van der Waals surface area contributed by atoms with Gasteiger partial charge < -0.3 is 20.0 Å². The molecule has 2 unspecified atom stereocenters. The van der Waals surface area contributed by atoms with Crippen molar-refractivity contribution in [2.24, 2.45) is 0 Å². The number of aliphatic carboxylic acids is 1. The molecule has 0 spiro atoms. The molecule has 0 aliphatic carbocycles. The minimum Gasteiger partial charge on any atom is -0.479 e. The van der Waals surface area contributed by atoms with Crippen molar-refractivity contribution in [3.05, 3.63) is 0 Å². The molecule has 0 aromatic rings. The van der Waals surface area contributed by atoms with Crippen molar-refractivity contribution in [3.63, 3.8) is 0 Å². The molecule has 2 N–H and O–H groups in total. The highest BCUT2D eigenvalue weighted by Gasteiger charge is 2.54. The van der Waals surface area contributed by atoms with Gasteiger partial charge in [0.25, 0.3) is 0 Å². The first-order chi connectivity index (χ1) is 10.3. The number of carbonyl (C=O) groups excluding carboxylic acids is 2. The maximum Gasteiger partial charge on any atom is 0.335 e. The second-order valence-electron chi connectivity index (χ2n) is 6.43. The van der Waals surface area contributed by atoms with Gasteiger partial charge in [-0.05, 0) is 13.3 Å². The van der Waals surface area contributed by atoms with Gasteiger partial charge in [-0.3, -0.25) is 9.59 Å². The molecule has 2 amide bonds. The van der Waals surface area contributed by atoms with E-state index in [0.717, 1.165) is 6.42 Å². The lowest BCUT2D eigenvalue weighted by atomic mass is 9.91. The maximum absolute atomic E-state index is 12.7. The van der Waals surface area contributed by atoms with Crippen LogP contribution in [0.5, 0.6) is 0 Å². The van der Waals surface area contributed by atoms with Crippen LogP contribution in [0.1, 0.15) is 32.6 Å². The Bertz CT molecular complexity index is 531. The minimum absolute atomic E-state index is 0.0184. The van der Waals surface area contributed by atoms with Gasteiger partial charge in [-0.1, -0.05) is 0 Å². The summed E-state index contributed by atoms with van der Waals surface area (Å²) in [7, 11) is 0. The number of hydrogen-bond acceptors (Lipinski definition) is 5. The van der Waals surface area contributed by atoms with Crippen molar-refractivity contribution in [2.45, 2.75) is 49.1 Å². The number of thioether (sulfide) groups is 1. The highest BCUT2D eigenvalue weighted by molar-refractivity contribution is 8.01. The van der Waals surface area contributed by atoms with Gasteiger partial charge in [-0.25, -0.2) is 4.79 Å². The fraction of sp³-hybridized carbons (Fsp3) is 0.786. The number of nitrogens with zero attached hydrogens (tertiary/aromatic N) is 2. The van der Waals surface area contributed by atoms with E-state index < -0.39 is 17.6 Å². The molecule has 0 aromatic carbocycles. The van der Waals surface area contributed by atoms with Gasteiger partial charge in [0.05, 0.1) is 4.87 Å². The summed E-state index contributed by atoms with van der Waals surface area (Å²) in [4.78, 5) is 38.8. The summed E-state index contributed by atoms with van der Waals surface area (Å²) in [6.45, 7) is 2.41. The predicted octanol–water partition coefficient (Wildman–Crippen LogP) is -0.122. The Labute approximate surface area is 132 Å². The zero-order valence-electron chi connectivity index (χ0n) is 12.4. The molecule has 22 heavy (non-hydrogen) atoms. The van der Waals surface area contributed by atoms with Gasteiger partial charge in [0.15, 0.2) is 5.60 Å². The van der Waals surface area contributed by atoms with Crippen LogP contribution in [-0.4, -0.2) is 73.2 Å². The summed E-state index contributed by atoms with van der Waals surface area (Å²) in [6.07, 6.45) is 1.30. The molecule has 2 atom stereocenters. The van der Waals surface area contributed by atoms with Crippen molar-refractivity contribution >= 4 is 29.5 Å². The normalized spacial score (nSPS) is 33.9. The SMILES string of the molecule is CC12CCC(=O)N1C(C(=O)N1CCC(O)(C(=O)O)CC1)CS2. The van der Waals surface area contributed by atoms with Gasteiger partial charge in [0.1, 0.15) is 6.04 Å². The lowest BCUT2D eigenvalue weighted by Crippen LogP contribution is -2.56. The topological polar surface area (TPSA) is 98.2 Å². The maximum atomic E-state index is 12.7. The van der Waals surface area contributed by atoms with Crippen LogP contribution in [0, 0.1) is 0 Å². The van der Waals surface area contributed by atoms with E-state index in [1.165, 1.54) is 0 Å². The number of carbonyl (C=O) groups is 3. The molecule has 3 heterocycles. The number of aliphatic hydroxyl groups is 1. The molecule has 0 bridgehead atoms. The number of hydrogen-bond donors (Lipinski definition) is 2. The van der Waals surface area contributed by atoms with Crippen molar-refractivity contribution in [2.75, 3.05) is 18.8 Å². The van der Waals surface area contributed by atoms with Crippen LogP contribution in [0.3, 0.4) is 0 Å². The fourth-order valence-corrected chi connectivity index (χ4v) is 4.95. The van der Waals surface area contributed by atoms with Crippen molar-refractivity contribution in [1.29, 1.82) is 0 Å². The molecule has 3 saturated heterocycles. The third-order valence-corrected chi connectivity index (χ3v) is 6.54. The summed E-state index contributed by atoms with van der Waals surface area (Å²) in [6, 6.07) is -0.457. The van der Waals surface area contributed by atoms with E-state index in [2.05, 4.69) is 0 Å². The fourth-order valence-electron chi connectivity index (χ4n) is 3.53. The number of amides is 2. The van der Waals surface area contributed by atoms with Crippen LogP contribution >= 0.6 is 11.8 Å². The van der Waals surface area contributed by atoms with Crippen LogP contribution in [0.4, 0.5) is 0 Å². The monoisotopic (exact) mass is 328 g/mol. The molecule has 0 radical (unpaired) electrons. The molecule has 3 aliphatic heterocycles. The van der Waals surface area contributed by atoms with Crippen LogP contribution in [0.2, 0.25) is 0 Å². The zero-order chi connectivity index (χ0) is 16.1. The Hall–Kier alpha value is -1.28. The first kappa shape index (κ1) is 15.6. The Morgan fingerprint density at radius 1 is 1.27 bits per heavy atom. The van der Waals surface area contributed by atoms with Crippen LogP contribution in [0.15, 0.2) is 0 Å². The second-order valence-corrected chi connectivity index (χ2v) is 7.93. The summed E-state index contributed by atoms with van der Waals surface area (Å²) >= 11 is 1.64. The van der Waals surface area contributed by atoms with E-state index in [4.69, 9.17) is 5.11 Å². The average molecular weight is 328 g/mol. The molecule has 8 heteroatoms. The number of piperidine rings is 1. The number of carboxylic acid groups (broad SMARTS) is 1. The van der Waals surface area contributed by atoms with Gasteiger partial charge >= 0.3 is 5.97 Å². The van der Waals surface area contributed by atoms with Crippen molar-refractivity contribution in [1.82, 2.24) is 9.80 Å². The van der Waals surface area contributed by atoms with E-state index >= 15 is 0 Å². The molecule has 0 aromatic heterocycles. The lowest BCUT2D eigenvalue weighted by molar-refractivity contribution is -0.166. The summed E-state index contributed by atoms with van der Waals surface area (Å²) < 4.78 is 0. The molecular formula is C14H20N2O5S. The van der Waals surface area contributed by atoms with E-state index in [1.807, 2.05) is 6.92 Å². The van der Waals surface area contributed by atoms with E-state index in [1.54, 1.807) is 21.6 Å². The predicted molar refractivity (Wildman–Crippen MR) is 79.1 cm³/mol. The lowest BCUT2D eigenvalue weighted by Gasteiger charge is -2.38. The quantitative estimate of drug-likeness (QED) is 0.733. The summed E-state index contributed by atoms with van der Waals surface area (Å²) in [5.74, 6) is -0.761. The Balaban J connectivity index is 1.69. The van der Waals surface area contributed by atoms with Crippen molar-refractivity contribution < 1.29 is 24.6 Å². The first-order valence-electron chi connectivity index (χ1n) is 7.47. The Kier molecular flexibility index (Phi) is 3.64. The second kappa shape index (κ2) is 5.13. The highest BCUT2D eigenvalue weighted by Crippen LogP contribution is 2.47. The number of fused-ring (bicyclic) bond motifs is 1. The molecule has 3 rings (SSSR count). The summed E-state index contributed by atoms with van der Waals surface area (Å²) in [5.41, 5.74) is -1.74. The van der Waals surface area contributed by atoms with Gasteiger partial charge in [0, 0.05) is 38.1 Å². The van der Waals surface area contributed by atoms with E-state index in [9.17, 15) is 19.5 Å². The Morgan fingerprint density at radius 2 is 1.91 bits per heavy atom. The first-order valence-corrected chi connectivity index (χ1v) is 8.46. The van der Waals surface area contributed by atoms with Crippen LogP contribution < -0.4 is 0 Å². The number of likely N-dealkylation sites (tertiary alicyclic amines) is 1. The van der Waals surface area contributed by atoms with Gasteiger partial charge in [-0.2, -0.15) is 0 Å². The number of rotatable bonds is 2. The van der Waals surface area contributed by atoms with Crippen LogP contribution in [-0.2, 0) is 14.4 Å². The highest BCUT2D eigenvalue weighted by atomic mass is 32.2. The molecular weight excluding hydrogens is 308 g/mol. The molecule has 122 valence electrons. The molecule has 7 nitrogen and oxygen atoms in total. The largest absolute Gasteiger partial charge is 0.479 e. The third-order valence-electron chi connectivity index (χ3n) is 5.03. The Morgan fingerprint density at radius 3 is 2.50 bits per heavy atom. The standard InChI is InChI=1S/C14H20N2O5S/c1-13-3-2-10(17)16(13)9(8-22-13)11(18)15-6-4-14(21,5-7-15)12(19)20/h9,21H,2-8H2,1H3,(H,19,20). The molecule has 3 fully saturated rings. The van der Waals surface area contributed by atoms with Crippen molar-refractivity contribution in [3.8, 4) is 0 Å². The molecule has 3 aliphatic rings. The van der Waals surface area contributed by atoms with Gasteiger partial charge in [0.2, 0.25) is 11.8 Å². The van der Waals surface area contributed by atoms with E-state index in [-0.39, 0.29) is 42.6 Å².